The molecule has 27 heavy (non-hydrogen) atoms. The van der Waals surface area contributed by atoms with Crippen molar-refractivity contribution in [3.05, 3.63) is 65.5 Å². The van der Waals surface area contributed by atoms with Crippen molar-refractivity contribution in [2.75, 3.05) is 26.7 Å². The lowest BCUT2D eigenvalue weighted by atomic mass is 9.99. The van der Waals surface area contributed by atoms with Gasteiger partial charge in [0.05, 0.1) is 13.2 Å². The standard InChI is InChI=1S/C20H20ClN3O3/c1-3-19(25)24-6-7-27-18(12-24)15-8-14(9-16(21)10-15)13-4-5-23-17(11-13)20(26)22-2/h3-5,8-11,18H,1,6-7,12H2,2H3,(H,22,26)/t18-/m1/s1. The Hall–Kier alpha value is -2.70. The monoisotopic (exact) mass is 385 g/mol. The summed E-state index contributed by atoms with van der Waals surface area (Å²) in [5.41, 5.74) is 2.87. The van der Waals surface area contributed by atoms with Gasteiger partial charge >= 0.3 is 0 Å². The van der Waals surface area contributed by atoms with Crippen molar-refractivity contribution >= 4 is 23.4 Å². The predicted octanol–water partition coefficient (Wildman–Crippen LogP) is 2.85. The van der Waals surface area contributed by atoms with Crippen molar-refractivity contribution in [2.24, 2.45) is 0 Å². The number of benzene rings is 1. The van der Waals surface area contributed by atoms with E-state index in [1.54, 1.807) is 24.2 Å². The normalized spacial score (nSPS) is 16.7. The molecule has 2 amide bonds. The summed E-state index contributed by atoms with van der Waals surface area (Å²) in [6.07, 6.45) is 2.62. The predicted molar refractivity (Wildman–Crippen MR) is 104 cm³/mol. The van der Waals surface area contributed by atoms with E-state index in [0.717, 1.165) is 16.7 Å². The van der Waals surface area contributed by atoms with Crippen molar-refractivity contribution in [2.45, 2.75) is 6.10 Å². The van der Waals surface area contributed by atoms with Gasteiger partial charge in [0.25, 0.3) is 5.91 Å². The Morgan fingerprint density at radius 2 is 2.15 bits per heavy atom. The molecular weight excluding hydrogens is 366 g/mol. The number of morpholine rings is 1. The van der Waals surface area contributed by atoms with Crippen molar-refractivity contribution in [3.8, 4) is 11.1 Å². The van der Waals surface area contributed by atoms with Crippen molar-refractivity contribution in [3.63, 3.8) is 0 Å². The Morgan fingerprint density at radius 1 is 1.33 bits per heavy atom. The molecule has 0 bridgehead atoms. The summed E-state index contributed by atoms with van der Waals surface area (Å²) in [6.45, 7) is 4.96. The van der Waals surface area contributed by atoms with Gasteiger partial charge in [0.2, 0.25) is 5.91 Å². The average Bonchev–Trinajstić information content (AvgIpc) is 2.72. The number of hydrogen-bond acceptors (Lipinski definition) is 4. The Morgan fingerprint density at radius 3 is 2.89 bits per heavy atom. The smallest absolute Gasteiger partial charge is 0.269 e. The Kier molecular flexibility index (Phi) is 5.88. The van der Waals surface area contributed by atoms with E-state index < -0.39 is 0 Å². The van der Waals surface area contributed by atoms with Gasteiger partial charge in [-0.1, -0.05) is 18.2 Å². The van der Waals surface area contributed by atoms with Crippen LogP contribution in [0.1, 0.15) is 22.2 Å². The van der Waals surface area contributed by atoms with Crippen LogP contribution in [0.25, 0.3) is 11.1 Å². The minimum atomic E-state index is -0.277. The molecule has 3 rings (SSSR count). The maximum absolute atomic E-state index is 11.9. The highest BCUT2D eigenvalue weighted by Crippen LogP contribution is 2.31. The number of carbonyl (C=O) groups excluding carboxylic acids is 2. The number of carbonyl (C=O) groups is 2. The molecule has 1 aliphatic heterocycles. The van der Waals surface area contributed by atoms with Crippen molar-refractivity contribution < 1.29 is 14.3 Å². The van der Waals surface area contributed by atoms with E-state index in [1.165, 1.54) is 6.08 Å². The second-order valence-corrected chi connectivity index (χ2v) is 6.57. The SMILES string of the molecule is C=CC(=O)N1CCO[C@@H](c2cc(Cl)cc(-c3ccnc(C(=O)NC)c3)c2)C1. The van der Waals surface area contributed by atoms with Gasteiger partial charge in [-0.3, -0.25) is 14.6 Å². The topological polar surface area (TPSA) is 71.5 Å². The van der Waals surface area contributed by atoms with Gasteiger partial charge in [-0.25, -0.2) is 0 Å². The maximum Gasteiger partial charge on any atom is 0.269 e. The fraction of sp³-hybridized carbons (Fsp3) is 0.250. The summed E-state index contributed by atoms with van der Waals surface area (Å²) < 4.78 is 5.85. The average molecular weight is 386 g/mol. The Balaban J connectivity index is 1.92. The number of halogens is 1. The van der Waals surface area contributed by atoms with Crippen LogP contribution < -0.4 is 5.32 Å². The van der Waals surface area contributed by atoms with Gasteiger partial charge in [0.1, 0.15) is 11.8 Å². The molecule has 2 aromatic rings. The first-order valence-electron chi connectivity index (χ1n) is 8.53. The highest BCUT2D eigenvalue weighted by molar-refractivity contribution is 6.31. The quantitative estimate of drug-likeness (QED) is 0.821. The Bertz CT molecular complexity index is 885. The summed E-state index contributed by atoms with van der Waals surface area (Å²) in [5.74, 6) is -0.372. The fourth-order valence-corrected chi connectivity index (χ4v) is 3.25. The van der Waals surface area contributed by atoms with Crippen LogP contribution in [0.5, 0.6) is 0 Å². The number of nitrogens with one attached hydrogen (secondary N) is 1. The highest BCUT2D eigenvalue weighted by Gasteiger charge is 2.25. The van der Waals surface area contributed by atoms with Crippen LogP contribution in [-0.2, 0) is 9.53 Å². The van der Waals surface area contributed by atoms with E-state index in [4.69, 9.17) is 16.3 Å². The van der Waals surface area contributed by atoms with E-state index in [-0.39, 0.29) is 17.9 Å². The van der Waals surface area contributed by atoms with Gasteiger partial charge in [-0.15, -0.1) is 0 Å². The van der Waals surface area contributed by atoms with Gasteiger partial charge in [-0.05, 0) is 53.1 Å². The number of hydrogen-bond donors (Lipinski definition) is 1. The molecule has 2 heterocycles. The second-order valence-electron chi connectivity index (χ2n) is 6.13. The lowest BCUT2D eigenvalue weighted by Crippen LogP contribution is -2.41. The molecule has 0 aliphatic carbocycles. The Labute approximate surface area is 162 Å². The van der Waals surface area contributed by atoms with E-state index in [2.05, 4.69) is 16.9 Å². The number of rotatable bonds is 4. The molecule has 1 atom stereocenters. The number of ether oxygens (including phenoxy) is 1. The third-order valence-electron chi connectivity index (χ3n) is 4.40. The van der Waals surface area contributed by atoms with E-state index in [0.29, 0.717) is 30.4 Å². The first-order chi connectivity index (χ1) is 13.0. The molecule has 0 spiro atoms. The minimum Gasteiger partial charge on any atom is -0.370 e. The van der Waals surface area contributed by atoms with Crippen LogP contribution in [0, 0.1) is 0 Å². The summed E-state index contributed by atoms with van der Waals surface area (Å²) in [4.78, 5) is 29.5. The maximum atomic E-state index is 11.9. The van der Waals surface area contributed by atoms with Gasteiger partial charge < -0.3 is 15.0 Å². The lowest BCUT2D eigenvalue weighted by molar-refractivity contribution is -0.133. The molecule has 1 saturated heterocycles. The fourth-order valence-electron chi connectivity index (χ4n) is 3.01. The van der Waals surface area contributed by atoms with Crippen LogP contribution in [-0.4, -0.2) is 48.4 Å². The third kappa shape index (κ3) is 4.35. The molecule has 1 aliphatic rings. The third-order valence-corrected chi connectivity index (χ3v) is 4.62. The molecule has 1 aromatic heterocycles. The molecule has 140 valence electrons. The minimum absolute atomic E-state index is 0.116. The lowest BCUT2D eigenvalue weighted by Gasteiger charge is -2.32. The summed E-state index contributed by atoms with van der Waals surface area (Å²) in [5, 5.41) is 3.11. The zero-order chi connectivity index (χ0) is 19.4. The number of pyridine rings is 1. The molecule has 1 fully saturated rings. The van der Waals surface area contributed by atoms with E-state index >= 15 is 0 Å². The van der Waals surface area contributed by atoms with Crippen LogP contribution in [0.2, 0.25) is 5.02 Å². The summed E-state index contributed by atoms with van der Waals surface area (Å²) in [6, 6.07) is 9.14. The largest absolute Gasteiger partial charge is 0.370 e. The second kappa shape index (κ2) is 8.33. The van der Waals surface area contributed by atoms with Crippen LogP contribution >= 0.6 is 11.6 Å². The molecule has 1 N–H and O–H groups in total. The first-order valence-corrected chi connectivity index (χ1v) is 8.91. The summed E-state index contributed by atoms with van der Waals surface area (Å²) in [7, 11) is 1.56. The number of amides is 2. The van der Waals surface area contributed by atoms with E-state index in [1.807, 2.05) is 24.3 Å². The zero-order valence-electron chi connectivity index (χ0n) is 14.9. The van der Waals surface area contributed by atoms with Crippen LogP contribution in [0.15, 0.2) is 49.2 Å². The van der Waals surface area contributed by atoms with Crippen molar-refractivity contribution in [1.82, 2.24) is 15.2 Å². The first kappa shape index (κ1) is 19.1. The van der Waals surface area contributed by atoms with Gasteiger partial charge in [0, 0.05) is 24.8 Å². The van der Waals surface area contributed by atoms with Crippen molar-refractivity contribution in [1.29, 1.82) is 0 Å². The molecule has 1 aromatic carbocycles. The molecule has 0 saturated carbocycles. The van der Waals surface area contributed by atoms with Crippen LogP contribution in [0.3, 0.4) is 0 Å². The zero-order valence-corrected chi connectivity index (χ0v) is 15.7. The molecule has 0 radical (unpaired) electrons. The molecule has 0 unspecified atom stereocenters. The summed E-state index contributed by atoms with van der Waals surface area (Å²) >= 11 is 6.33. The van der Waals surface area contributed by atoms with Gasteiger partial charge in [0.15, 0.2) is 0 Å². The van der Waals surface area contributed by atoms with Crippen LogP contribution in [0.4, 0.5) is 0 Å². The molecule has 6 nitrogen and oxygen atoms in total. The van der Waals surface area contributed by atoms with E-state index in [9.17, 15) is 9.59 Å². The highest BCUT2D eigenvalue weighted by atomic mass is 35.5. The molecule has 7 heteroatoms. The number of aromatic nitrogens is 1. The van der Waals surface area contributed by atoms with Gasteiger partial charge in [-0.2, -0.15) is 0 Å². The molecular formula is C20H20ClN3O3. The number of nitrogens with zero attached hydrogens (tertiary/aromatic N) is 2.